The van der Waals surface area contributed by atoms with Crippen LogP contribution in [-0.4, -0.2) is 33.3 Å². The minimum absolute atomic E-state index is 0.273. The Hall–Kier alpha value is -1.03. The van der Waals surface area contributed by atoms with Gasteiger partial charge < -0.3 is 5.73 Å². The fourth-order valence-electron chi connectivity index (χ4n) is 1.72. The summed E-state index contributed by atoms with van der Waals surface area (Å²) in [5.41, 5.74) is 6.64. The Kier molecular flexibility index (Phi) is 2.03. The molecular formula is C10H18N4. The number of hydrogen-bond donors (Lipinski definition) is 1. The minimum Gasteiger partial charge on any atom is -0.396 e. The van der Waals surface area contributed by atoms with Crippen molar-refractivity contribution < 1.29 is 0 Å². The molecule has 1 aromatic rings. The average molecular weight is 194 g/mol. The Balaban J connectivity index is 1.95. The number of likely N-dealkylation sites (tertiary alicyclic amines) is 1. The molecule has 4 nitrogen and oxygen atoms in total. The summed E-state index contributed by atoms with van der Waals surface area (Å²) in [4.78, 5) is 2.44. The zero-order valence-electron chi connectivity index (χ0n) is 9.07. The van der Waals surface area contributed by atoms with E-state index in [1.54, 1.807) is 6.20 Å². The lowest BCUT2D eigenvalue weighted by molar-refractivity contribution is 0.0155. The molecule has 14 heavy (non-hydrogen) atoms. The molecule has 1 aromatic heterocycles. The van der Waals surface area contributed by atoms with Gasteiger partial charge in [-0.15, -0.1) is 0 Å². The summed E-state index contributed by atoms with van der Waals surface area (Å²) in [6, 6.07) is 0.506. The number of nitrogen functional groups attached to an aromatic ring is 1. The van der Waals surface area contributed by atoms with Crippen molar-refractivity contribution in [1.82, 2.24) is 14.7 Å². The first-order valence-corrected chi connectivity index (χ1v) is 5.01. The molecule has 78 valence electrons. The van der Waals surface area contributed by atoms with E-state index in [4.69, 9.17) is 5.73 Å². The van der Waals surface area contributed by atoms with E-state index in [1.807, 2.05) is 10.9 Å². The smallest absolute Gasteiger partial charge is 0.0774 e. The molecule has 0 radical (unpaired) electrons. The second-order valence-electron chi connectivity index (χ2n) is 4.98. The largest absolute Gasteiger partial charge is 0.396 e. The molecular weight excluding hydrogens is 176 g/mol. The van der Waals surface area contributed by atoms with E-state index < -0.39 is 0 Å². The van der Waals surface area contributed by atoms with Crippen molar-refractivity contribution in [2.75, 3.05) is 18.8 Å². The van der Waals surface area contributed by atoms with Gasteiger partial charge in [0.1, 0.15) is 0 Å². The van der Waals surface area contributed by atoms with Crippen LogP contribution in [0.15, 0.2) is 12.4 Å². The van der Waals surface area contributed by atoms with Gasteiger partial charge in [-0.1, -0.05) is 0 Å². The van der Waals surface area contributed by atoms with E-state index >= 15 is 0 Å². The molecule has 1 fully saturated rings. The molecule has 0 spiro atoms. The van der Waals surface area contributed by atoms with Crippen molar-refractivity contribution in [1.29, 1.82) is 0 Å². The Bertz CT molecular complexity index is 317. The van der Waals surface area contributed by atoms with E-state index in [1.165, 1.54) is 0 Å². The van der Waals surface area contributed by atoms with Crippen LogP contribution in [0.1, 0.15) is 26.8 Å². The summed E-state index contributed by atoms with van der Waals surface area (Å²) in [7, 11) is 0. The highest BCUT2D eigenvalue weighted by Crippen LogP contribution is 2.28. The molecule has 0 bridgehead atoms. The highest BCUT2D eigenvalue weighted by Gasteiger charge is 2.35. The first-order chi connectivity index (χ1) is 6.47. The van der Waals surface area contributed by atoms with E-state index in [-0.39, 0.29) is 5.54 Å². The Labute approximate surface area is 84.7 Å². The molecule has 1 aliphatic heterocycles. The molecule has 0 atom stereocenters. The van der Waals surface area contributed by atoms with Gasteiger partial charge in [0.05, 0.1) is 17.9 Å². The van der Waals surface area contributed by atoms with Gasteiger partial charge in [-0.2, -0.15) is 5.10 Å². The van der Waals surface area contributed by atoms with Gasteiger partial charge in [0, 0.05) is 24.8 Å². The third-order valence-corrected chi connectivity index (χ3v) is 2.81. The Morgan fingerprint density at radius 2 is 2.07 bits per heavy atom. The molecule has 2 N–H and O–H groups in total. The van der Waals surface area contributed by atoms with Gasteiger partial charge in [-0.25, -0.2) is 0 Å². The zero-order valence-corrected chi connectivity index (χ0v) is 9.07. The number of aromatic nitrogens is 2. The van der Waals surface area contributed by atoms with Crippen LogP contribution in [0.3, 0.4) is 0 Å². The summed E-state index contributed by atoms with van der Waals surface area (Å²) in [5.74, 6) is 0. The molecule has 2 heterocycles. The molecule has 0 aliphatic carbocycles. The number of nitrogens with zero attached hydrogens (tertiary/aromatic N) is 3. The van der Waals surface area contributed by atoms with Gasteiger partial charge >= 0.3 is 0 Å². The van der Waals surface area contributed by atoms with Crippen molar-refractivity contribution in [2.24, 2.45) is 0 Å². The number of anilines is 1. The number of hydrogen-bond acceptors (Lipinski definition) is 3. The minimum atomic E-state index is 0.273. The Morgan fingerprint density at radius 3 is 2.50 bits per heavy atom. The fourth-order valence-corrected chi connectivity index (χ4v) is 1.72. The normalized spacial score (nSPS) is 19.6. The van der Waals surface area contributed by atoms with Crippen molar-refractivity contribution in [3.63, 3.8) is 0 Å². The highest BCUT2D eigenvalue weighted by molar-refractivity contribution is 5.30. The van der Waals surface area contributed by atoms with Crippen molar-refractivity contribution in [3.8, 4) is 0 Å². The maximum Gasteiger partial charge on any atom is 0.0774 e. The third-order valence-electron chi connectivity index (χ3n) is 2.81. The average Bonchev–Trinajstić information content (AvgIpc) is 2.28. The topological polar surface area (TPSA) is 47.1 Å². The van der Waals surface area contributed by atoms with E-state index in [0.717, 1.165) is 18.8 Å². The molecule has 4 heteroatoms. The van der Waals surface area contributed by atoms with Crippen LogP contribution in [0, 0.1) is 0 Å². The van der Waals surface area contributed by atoms with Crippen LogP contribution in [0.2, 0.25) is 0 Å². The maximum absolute atomic E-state index is 5.62. The zero-order chi connectivity index (χ0) is 10.3. The lowest BCUT2D eigenvalue weighted by atomic mass is 9.98. The molecule has 0 amide bonds. The second-order valence-corrected chi connectivity index (χ2v) is 4.98. The van der Waals surface area contributed by atoms with Gasteiger partial charge in [0.25, 0.3) is 0 Å². The van der Waals surface area contributed by atoms with Gasteiger partial charge in [0.2, 0.25) is 0 Å². The quantitative estimate of drug-likeness (QED) is 0.728. The third kappa shape index (κ3) is 1.62. The number of nitrogens with two attached hydrogens (primary N) is 1. The van der Waals surface area contributed by atoms with Gasteiger partial charge in [-0.05, 0) is 20.8 Å². The standard InChI is InChI=1S/C10H18N4/c1-10(2,3)13-6-9(7-13)14-5-8(11)4-12-14/h4-5,9H,6-7,11H2,1-3H3. The molecule has 0 unspecified atom stereocenters. The maximum atomic E-state index is 5.62. The lowest BCUT2D eigenvalue weighted by Crippen LogP contribution is -2.56. The summed E-state index contributed by atoms with van der Waals surface area (Å²) in [5, 5.41) is 4.22. The van der Waals surface area contributed by atoms with Crippen molar-refractivity contribution >= 4 is 5.69 Å². The summed E-state index contributed by atoms with van der Waals surface area (Å²) >= 11 is 0. The van der Waals surface area contributed by atoms with Crippen LogP contribution >= 0.6 is 0 Å². The summed E-state index contributed by atoms with van der Waals surface area (Å²) in [6.07, 6.45) is 3.62. The van der Waals surface area contributed by atoms with Crippen molar-refractivity contribution in [2.45, 2.75) is 32.4 Å². The van der Waals surface area contributed by atoms with Crippen LogP contribution in [0.4, 0.5) is 5.69 Å². The first kappa shape index (κ1) is 9.52. The second kappa shape index (κ2) is 2.98. The van der Waals surface area contributed by atoms with E-state index in [9.17, 15) is 0 Å². The molecule has 1 saturated heterocycles. The monoisotopic (exact) mass is 194 g/mol. The van der Waals surface area contributed by atoms with Gasteiger partial charge in [-0.3, -0.25) is 9.58 Å². The predicted octanol–water partition coefficient (Wildman–Crippen LogP) is 1.12. The molecule has 0 saturated carbocycles. The molecule has 2 rings (SSSR count). The van der Waals surface area contributed by atoms with E-state index in [0.29, 0.717) is 6.04 Å². The van der Waals surface area contributed by atoms with Crippen LogP contribution in [0.25, 0.3) is 0 Å². The van der Waals surface area contributed by atoms with Gasteiger partial charge in [0.15, 0.2) is 0 Å². The van der Waals surface area contributed by atoms with Crippen LogP contribution < -0.4 is 5.73 Å². The summed E-state index contributed by atoms with van der Waals surface area (Å²) in [6.45, 7) is 8.86. The highest BCUT2D eigenvalue weighted by atomic mass is 15.4. The van der Waals surface area contributed by atoms with Crippen molar-refractivity contribution in [3.05, 3.63) is 12.4 Å². The fraction of sp³-hybridized carbons (Fsp3) is 0.700. The molecule has 0 aromatic carbocycles. The van der Waals surface area contributed by atoms with E-state index in [2.05, 4.69) is 30.8 Å². The summed E-state index contributed by atoms with van der Waals surface area (Å²) < 4.78 is 1.97. The first-order valence-electron chi connectivity index (χ1n) is 5.01. The SMILES string of the molecule is CC(C)(C)N1CC(n2cc(N)cn2)C1. The Morgan fingerprint density at radius 1 is 1.43 bits per heavy atom. The van der Waals surface area contributed by atoms with Crippen LogP contribution in [0.5, 0.6) is 0 Å². The lowest BCUT2D eigenvalue weighted by Gasteiger charge is -2.47. The van der Waals surface area contributed by atoms with Crippen LogP contribution in [-0.2, 0) is 0 Å². The predicted molar refractivity (Wildman–Crippen MR) is 57.0 cm³/mol. The number of rotatable bonds is 1. The molecule has 1 aliphatic rings.